The van der Waals surface area contributed by atoms with Crippen molar-refractivity contribution in [3.8, 4) is 0 Å². The van der Waals surface area contributed by atoms with Crippen molar-refractivity contribution in [3.63, 3.8) is 0 Å². The molecule has 1 N–H and O–H groups in total. The number of rotatable bonds is 5. The van der Waals surface area contributed by atoms with Gasteiger partial charge < -0.3 is 10.2 Å². The van der Waals surface area contributed by atoms with Gasteiger partial charge in [-0.3, -0.25) is 4.79 Å². The number of carbonyl (C=O) groups is 1. The van der Waals surface area contributed by atoms with Gasteiger partial charge in [0, 0.05) is 41.8 Å². The molecule has 2 aromatic carbocycles. The maximum atomic E-state index is 12.1. The molecule has 126 valence electrons. The van der Waals surface area contributed by atoms with Gasteiger partial charge in [0.15, 0.2) is 0 Å². The topological polar surface area (TPSA) is 32.3 Å². The second-order valence-electron chi connectivity index (χ2n) is 5.81. The molecular formula is C19H21ClN2OS. The van der Waals surface area contributed by atoms with E-state index in [-0.39, 0.29) is 5.91 Å². The number of nitrogens with one attached hydrogen (secondary N) is 1. The first-order chi connectivity index (χ1) is 11.7. The first-order valence-corrected chi connectivity index (χ1v) is 9.67. The van der Waals surface area contributed by atoms with Gasteiger partial charge in [-0.2, -0.15) is 11.8 Å². The van der Waals surface area contributed by atoms with Crippen LogP contribution >= 0.6 is 23.4 Å². The third kappa shape index (κ3) is 4.68. The summed E-state index contributed by atoms with van der Waals surface area (Å²) < 4.78 is 0. The summed E-state index contributed by atoms with van der Waals surface area (Å²) in [5.41, 5.74) is 3.23. The number of hydrogen-bond acceptors (Lipinski definition) is 3. The lowest BCUT2D eigenvalue weighted by Gasteiger charge is -2.28. The van der Waals surface area contributed by atoms with Crippen LogP contribution in [-0.2, 0) is 17.8 Å². The summed E-state index contributed by atoms with van der Waals surface area (Å²) in [5, 5.41) is 3.59. The molecule has 0 atom stereocenters. The highest BCUT2D eigenvalue weighted by Gasteiger charge is 2.11. The molecule has 1 aliphatic rings. The van der Waals surface area contributed by atoms with Gasteiger partial charge in [-0.05, 0) is 29.3 Å². The smallest absolute Gasteiger partial charge is 0.224 e. The van der Waals surface area contributed by atoms with E-state index in [0.717, 1.165) is 24.2 Å². The van der Waals surface area contributed by atoms with E-state index in [1.54, 1.807) is 0 Å². The van der Waals surface area contributed by atoms with E-state index >= 15 is 0 Å². The SMILES string of the molecule is O=C(Cc1ccccc1Cl)NCc1ccc(N2CCSCC2)cc1. The molecule has 0 aromatic heterocycles. The molecule has 2 aromatic rings. The van der Waals surface area contributed by atoms with Crippen molar-refractivity contribution >= 4 is 35.0 Å². The predicted octanol–water partition coefficient (Wildman–Crippen LogP) is 3.75. The Morgan fingerprint density at radius 2 is 1.79 bits per heavy atom. The monoisotopic (exact) mass is 360 g/mol. The fourth-order valence-electron chi connectivity index (χ4n) is 2.72. The average molecular weight is 361 g/mol. The van der Waals surface area contributed by atoms with Gasteiger partial charge in [0.25, 0.3) is 0 Å². The summed E-state index contributed by atoms with van der Waals surface area (Å²) >= 11 is 8.10. The summed E-state index contributed by atoms with van der Waals surface area (Å²) in [5.74, 6) is 2.37. The molecule has 1 heterocycles. The van der Waals surface area contributed by atoms with E-state index in [0.29, 0.717) is 18.0 Å². The Bertz CT molecular complexity index is 684. The van der Waals surface area contributed by atoms with Crippen LogP contribution in [0.2, 0.25) is 5.02 Å². The van der Waals surface area contributed by atoms with Gasteiger partial charge in [-0.1, -0.05) is 41.9 Å². The van der Waals surface area contributed by atoms with E-state index in [1.807, 2.05) is 36.0 Å². The van der Waals surface area contributed by atoms with Crippen molar-refractivity contribution in [1.82, 2.24) is 5.32 Å². The normalized spacial score (nSPS) is 14.5. The zero-order valence-electron chi connectivity index (χ0n) is 13.5. The molecule has 1 aliphatic heterocycles. The number of benzene rings is 2. The minimum Gasteiger partial charge on any atom is -0.370 e. The van der Waals surface area contributed by atoms with Crippen LogP contribution in [0.25, 0.3) is 0 Å². The molecule has 1 saturated heterocycles. The summed E-state index contributed by atoms with van der Waals surface area (Å²) in [6.07, 6.45) is 0.309. The van der Waals surface area contributed by atoms with Crippen molar-refractivity contribution in [2.45, 2.75) is 13.0 Å². The molecule has 24 heavy (non-hydrogen) atoms. The number of halogens is 1. The molecule has 5 heteroatoms. The fraction of sp³-hybridized carbons (Fsp3) is 0.316. The third-order valence-corrected chi connectivity index (χ3v) is 5.42. The highest BCUT2D eigenvalue weighted by atomic mass is 35.5. The Balaban J connectivity index is 1.51. The number of anilines is 1. The highest BCUT2D eigenvalue weighted by molar-refractivity contribution is 7.99. The molecule has 1 amide bonds. The zero-order chi connectivity index (χ0) is 16.8. The van der Waals surface area contributed by atoms with E-state index in [4.69, 9.17) is 11.6 Å². The molecule has 0 radical (unpaired) electrons. The second kappa shape index (κ2) is 8.45. The molecule has 1 fully saturated rings. The molecule has 0 aliphatic carbocycles. The van der Waals surface area contributed by atoms with Crippen LogP contribution in [0.5, 0.6) is 0 Å². The van der Waals surface area contributed by atoms with Crippen LogP contribution in [0.1, 0.15) is 11.1 Å². The van der Waals surface area contributed by atoms with Gasteiger partial charge >= 0.3 is 0 Å². The Morgan fingerprint density at radius 1 is 1.08 bits per heavy atom. The first kappa shape index (κ1) is 17.2. The van der Waals surface area contributed by atoms with Gasteiger partial charge in [0.1, 0.15) is 0 Å². The van der Waals surface area contributed by atoms with Crippen LogP contribution < -0.4 is 10.2 Å². The molecule has 3 nitrogen and oxygen atoms in total. The molecule has 0 unspecified atom stereocenters. The van der Waals surface area contributed by atoms with Crippen molar-refractivity contribution in [2.75, 3.05) is 29.5 Å². The summed E-state index contributed by atoms with van der Waals surface area (Å²) in [6, 6.07) is 15.9. The van der Waals surface area contributed by atoms with Gasteiger partial charge in [0.2, 0.25) is 5.91 Å². The van der Waals surface area contributed by atoms with E-state index in [9.17, 15) is 4.79 Å². The Hall–Kier alpha value is -1.65. The summed E-state index contributed by atoms with van der Waals surface area (Å²) in [6.45, 7) is 2.76. The largest absolute Gasteiger partial charge is 0.370 e. The zero-order valence-corrected chi connectivity index (χ0v) is 15.1. The second-order valence-corrected chi connectivity index (χ2v) is 7.44. The van der Waals surface area contributed by atoms with Crippen LogP contribution in [0, 0.1) is 0 Å². The highest BCUT2D eigenvalue weighted by Crippen LogP contribution is 2.20. The van der Waals surface area contributed by atoms with Crippen LogP contribution in [0.4, 0.5) is 5.69 Å². The minimum atomic E-state index is -0.0137. The van der Waals surface area contributed by atoms with Crippen molar-refractivity contribution in [3.05, 3.63) is 64.7 Å². The van der Waals surface area contributed by atoms with E-state index in [1.165, 1.54) is 17.2 Å². The van der Waals surface area contributed by atoms with Crippen molar-refractivity contribution in [1.29, 1.82) is 0 Å². The summed E-state index contributed by atoms with van der Waals surface area (Å²) in [4.78, 5) is 14.5. The van der Waals surface area contributed by atoms with Gasteiger partial charge in [-0.15, -0.1) is 0 Å². The molecule has 0 spiro atoms. The maximum Gasteiger partial charge on any atom is 0.224 e. The van der Waals surface area contributed by atoms with Crippen molar-refractivity contribution < 1.29 is 4.79 Å². The van der Waals surface area contributed by atoms with Crippen molar-refractivity contribution in [2.24, 2.45) is 0 Å². The number of hydrogen-bond donors (Lipinski definition) is 1. The Morgan fingerprint density at radius 3 is 2.50 bits per heavy atom. The molecule has 0 saturated carbocycles. The number of carbonyl (C=O) groups excluding carboxylic acids is 1. The minimum absolute atomic E-state index is 0.0137. The Labute approximate surface area is 152 Å². The quantitative estimate of drug-likeness (QED) is 0.881. The third-order valence-electron chi connectivity index (χ3n) is 4.11. The van der Waals surface area contributed by atoms with Gasteiger partial charge in [0.05, 0.1) is 6.42 Å². The molecule has 3 rings (SSSR count). The fourth-order valence-corrected chi connectivity index (χ4v) is 3.83. The van der Waals surface area contributed by atoms with Crippen LogP contribution in [-0.4, -0.2) is 30.5 Å². The van der Waals surface area contributed by atoms with E-state index in [2.05, 4.69) is 34.5 Å². The first-order valence-electron chi connectivity index (χ1n) is 8.14. The lowest BCUT2D eigenvalue weighted by atomic mass is 10.1. The molecule has 0 bridgehead atoms. The number of thioether (sulfide) groups is 1. The van der Waals surface area contributed by atoms with E-state index < -0.39 is 0 Å². The predicted molar refractivity (Wildman–Crippen MR) is 103 cm³/mol. The van der Waals surface area contributed by atoms with Crippen LogP contribution in [0.15, 0.2) is 48.5 Å². The molecular weight excluding hydrogens is 340 g/mol. The lowest BCUT2D eigenvalue weighted by molar-refractivity contribution is -0.120. The maximum absolute atomic E-state index is 12.1. The number of amides is 1. The summed E-state index contributed by atoms with van der Waals surface area (Å²) in [7, 11) is 0. The average Bonchev–Trinajstić information content (AvgIpc) is 2.63. The number of nitrogens with zero attached hydrogens (tertiary/aromatic N) is 1. The Kier molecular flexibility index (Phi) is 6.05. The standard InChI is InChI=1S/C19H21ClN2OS/c20-18-4-2-1-3-16(18)13-19(23)21-14-15-5-7-17(8-6-15)22-9-11-24-12-10-22/h1-8H,9-14H2,(H,21,23). The van der Waals surface area contributed by atoms with Gasteiger partial charge in [-0.25, -0.2) is 0 Å². The lowest BCUT2D eigenvalue weighted by Crippen LogP contribution is -2.32. The van der Waals surface area contributed by atoms with Crippen LogP contribution in [0.3, 0.4) is 0 Å².